The van der Waals surface area contributed by atoms with Gasteiger partial charge in [0.1, 0.15) is 5.69 Å². The summed E-state index contributed by atoms with van der Waals surface area (Å²) in [7, 11) is 5.49. The molecule has 0 aliphatic rings. The van der Waals surface area contributed by atoms with Crippen LogP contribution in [0.2, 0.25) is 0 Å². The number of aromatic nitrogens is 2. The molecule has 0 atom stereocenters. The van der Waals surface area contributed by atoms with Gasteiger partial charge < -0.3 is 10.2 Å². The van der Waals surface area contributed by atoms with Gasteiger partial charge in [0.25, 0.3) is 5.91 Å². The number of nitrogens with one attached hydrogen (secondary N) is 1. The lowest BCUT2D eigenvalue weighted by molar-refractivity contribution is 0.0786. The molecule has 1 rings (SSSR count). The number of carbonyl (C=O) groups is 1. The number of carbonyl (C=O) groups excluding carboxylic acids is 1. The quantitative estimate of drug-likeness (QED) is 0.827. The van der Waals surface area contributed by atoms with Gasteiger partial charge in [-0.15, -0.1) is 0 Å². The number of amides is 1. The van der Waals surface area contributed by atoms with Crippen molar-refractivity contribution in [3.63, 3.8) is 0 Å². The summed E-state index contributed by atoms with van der Waals surface area (Å²) in [4.78, 5) is 13.9. The zero-order valence-electron chi connectivity index (χ0n) is 11.3. The van der Waals surface area contributed by atoms with E-state index < -0.39 is 0 Å². The number of hydrogen-bond donors (Lipinski definition) is 1. The first kappa shape index (κ1) is 13.7. The van der Waals surface area contributed by atoms with Crippen molar-refractivity contribution in [1.82, 2.24) is 20.0 Å². The second kappa shape index (κ2) is 5.82. The van der Waals surface area contributed by atoms with E-state index in [2.05, 4.69) is 24.3 Å². The van der Waals surface area contributed by atoms with Gasteiger partial charge in [-0.2, -0.15) is 5.10 Å². The van der Waals surface area contributed by atoms with Crippen LogP contribution in [0.1, 0.15) is 35.9 Å². The van der Waals surface area contributed by atoms with E-state index in [4.69, 9.17) is 0 Å². The maximum atomic E-state index is 12.1. The molecule has 0 bridgehead atoms. The predicted octanol–water partition coefficient (Wildman–Crippen LogP) is 0.835. The van der Waals surface area contributed by atoms with Crippen LogP contribution >= 0.6 is 0 Å². The molecule has 1 aromatic rings. The van der Waals surface area contributed by atoms with Crippen LogP contribution in [0.25, 0.3) is 0 Å². The van der Waals surface area contributed by atoms with Crippen molar-refractivity contribution >= 4 is 5.91 Å². The van der Waals surface area contributed by atoms with E-state index in [1.807, 2.05) is 27.2 Å². The van der Waals surface area contributed by atoms with E-state index in [-0.39, 0.29) is 5.91 Å². The lowest BCUT2D eigenvalue weighted by Gasteiger charge is -2.16. The molecule has 17 heavy (non-hydrogen) atoms. The van der Waals surface area contributed by atoms with Crippen molar-refractivity contribution in [2.75, 3.05) is 27.2 Å². The number of aryl methyl sites for hydroxylation is 1. The third-order valence-corrected chi connectivity index (χ3v) is 2.75. The van der Waals surface area contributed by atoms with Gasteiger partial charge >= 0.3 is 0 Å². The van der Waals surface area contributed by atoms with Crippen molar-refractivity contribution in [3.05, 3.63) is 17.5 Å². The van der Waals surface area contributed by atoms with Gasteiger partial charge in [-0.1, -0.05) is 13.8 Å². The second-order valence-corrected chi connectivity index (χ2v) is 4.56. The van der Waals surface area contributed by atoms with Gasteiger partial charge in [0, 0.05) is 27.2 Å². The fraction of sp³-hybridized carbons (Fsp3) is 0.667. The normalized spacial score (nSPS) is 10.9. The van der Waals surface area contributed by atoms with Crippen LogP contribution in [0.15, 0.2) is 6.07 Å². The molecule has 5 nitrogen and oxygen atoms in total. The molecule has 0 saturated carbocycles. The highest BCUT2D eigenvalue weighted by molar-refractivity contribution is 5.92. The van der Waals surface area contributed by atoms with Crippen LogP contribution in [0, 0.1) is 0 Å². The molecule has 0 saturated heterocycles. The molecule has 1 amide bonds. The third kappa shape index (κ3) is 3.30. The molecular weight excluding hydrogens is 216 g/mol. The summed E-state index contributed by atoms with van der Waals surface area (Å²) in [6.07, 6.45) is 0. The Hall–Kier alpha value is -1.36. The highest BCUT2D eigenvalue weighted by atomic mass is 16.2. The molecule has 96 valence electrons. The van der Waals surface area contributed by atoms with E-state index in [0.717, 1.165) is 12.2 Å². The van der Waals surface area contributed by atoms with Crippen molar-refractivity contribution in [2.45, 2.75) is 19.8 Å². The Morgan fingerprint density at radius 2 is 2.24 bits per heavy atom. The Kier molecular flexibility index (Phi) is 4.69. The Morgan fingerprint density at radius 3 is 2.71 bits per heavy atom. The molecule has 0 fully saturated rings. The Balaban J connectivity index is 2.81. The highest BCUT2D eigenvalue weighted by Gasteiger charge is 2.17. The van der Waals surface area contributed by atoms with E-state index in [1.54, 1.807) is 9.58 Å². The topological polar surface area (TPSA) is 50.2 Å². The number of hydrogen-bond acceptors (Lipinski definition) is 3. The Morgan fingerprint density at radius 1 is 1.59 bits per heavy atom. The molecule has 0 spiro atoms. The molecule has 1 heterocycles. The standard InChI is InChI=1S/C12H22N4O/c1-9(2)10-8-11(16(5)14-10)12(17)15(4)7-6-13-3/h8-9,13H,6-7H2,1-5H3. The van der Waals surface area contributed by atoms with E-state index in [9.17, 15) is 4.79 Å². The molecule has 1 aromatic heterocycles. The molecule has 0 aliphatic heterocycles. The van der Waals surface area contributed by atoms with Crippen LogP contribution in [0.3, 0.4) is 0 Å². The molecule has 0 radical (unpaired) electrons. The minimum absolute atomic E-state index is 0.0159. The largest absolute Gasteiger partial charge is 0.339 e. The molecule has 5 heteroatoms. The van der Waals surface area contributed by atoms with Gasteiger partial charge in [-0.3, -0.25) is 9.48 Å². The first-order valence-corrected chi connectivity index (χ1v) is 5.91. The first-order valence-electron chi connectivity index (χ1n) is 5.91. The van der Waals surface area contributed by atoms with E-state index in [0.29, 0.717) is 18.2 Å². The van der Waals surface area contributed by atoms with Crippen molar-refractivity contribution < 1.29 is 4.79 Å². The van der Waals surface area contributed by atoms with Crippen molar-refractivity contribution in [2.24, 2.45) is 7.05 Å². The molecule has 1 N–H and O–H groups in total. The summed E-state index contributed by atoms with van der Waals surface area (Å²) in [6.45, 7) is 5.62. The Labute approximate surface area is 103 Å². The Bertz CT molecular complexity index is 384. The molecular formula is C12H22N4O. The van der Waals surface area contributed by atoms with E-state index in [1.165, 1.54) is 0 Å². The smallest absolute Gasteiger partial charge is 0.271 e. The maximum Gasteiger partial charge on any atom is 0.271 e. The van der Waals surface area contributed by atoms with Gasteiger partial charge in [0.05, 0.1) is 5.69 Å². The predicted molar refractivity (Wildman–Crippen MR) is 68.2 cm³/mol. The van der Waals surface area contributed by atoms with Crippen LogP contribution in [0.4, 0.5) is 0 Å². The average molecular weight is 238 g/mol. The van der Waals surface area contributed by atoms with Crippen molar-refractivity contribution in [1.29, 1.82) is 0 Å². The monoisotopic (exact) mass is 238 g/mol. The minimum Gasteiger partial charge on any atom is -0.339 e. The zero-order valence-corrected chi connectivity index (χ0v) is 11.3. The summed E-state index contributed by atoms with van der Waals surface area (Å²) in [6, 6.07) is 1.88. The SMILES string of the molecule is CNCCN(C)C(=O)c1cc(C(C)C)nn1C. The summed E-state index contributed by atoms with van der Waals surface area (Å²) in [5.41, 5.74) is 1.60. The zero-order chi connectivity index (χ0) is 13.0. The third-order valence-electron chi connectivity index (χ3n) is 2.75. The van der Waals surface area contributed by atoms with Crippen LogP contribution < -0.4 is 5.32 Å². The van der Waals surface area contributed by atoms with Gasteiger partial charge in [-0.25, -0.2) is 0 Å². The average Bonchev–Trinajstić information content (AvgIpc) is 2.67. The maximum absolute atomic E-state index is 12.1. The van der Waals surface area contributed by atoms with Crippen LogP contribution in [0.5, 0.6) is 0 Å². The lowest BCUT2D eigenvalue weighted by atomic mass is 10.1. The van der Waals surface area contributed by atoms with Crippen LogP contribution in [-0.2, 0) is 7.05 Å². The fourth-order valence-electron chi connectivity index (χ4n) is 1.55. The summed E-state index contributed by atoms with van der Waals surface area (Å²) in [5, 5.41) is 7.37. The summed E-state index contributed by atoms with van der Waals surface area (Å²) < 4.78 is 1.66. The van der Waals surface area contributed by atoms with Gasteiger partial charge in [0.15, 0.2) is 0 Å². The lowest BCUT2D eigenvalue weighted by Crippen LogP contribution is -2.33. The van der Waals surface area contributed by atoms with Gasteiger partial charge in [-0.05, 0) is 19.0 Å². The number of likely N-dealkylation sites (N-methyl/N-ethyl adjacent to an activating group) is 2. The summed E-state index contributed by atoms with van der Waals surface area (Å²) in [5.74, 6) is 0.354. The summed E-state index contributed by atoms with van der Waals surface area (Å²) >= 11 is 0. The number of nitrogens with zero attached hydrogens (tertiary/aromatic N) is 3. The molecule has 0 aromatic carbocycles. The van der Waals surface area contributed by atoms with Crippen molar-refractivity contribution in [3.8, 4) is 0 Å². The second-order valence-electron chi connectivity index (χ2n) is 4.56. The molecule has 0 aliphatic carbocycles. The number of rotatable bonds is 5. The fourth-order valence-corrected chi connectivity index (χ4v) is 1.55. The first-order chi connectivity index (χ1) is 7.97. The van der Waals surface area contributed by atoms with E-state index >= 15 is 0 Å². The minimum atomic E-state index is 0.0159. The highest BCUT2D eigenvalue weighted by Crippen LogP contribution is 2.14. The van der Waals surface area contributed by atoms with Gasteiger partial charge in [0.2, 0.25) is 0 Å². The van der Waals surface area contributed by atoms with Crippen LogP contribution in [-0.4, -0.2) is 47.8 Å². The molecule has 0 unspecified atom stereocenters.